The lowest BCUT2D eigenvalue weighted by molar-refractivity contribution is -0.0511. The van der Waals surface area contributed by atoms with Gasteiger partial charge in [-0.25, -0.2) is 4.98 Å². The molecule has 0 saturated carbocycles. The summed E-state index contributed by atoms with van der Waals surface area (Å²) in [4.78, 5) is 12.8. The van der Waals surface area contributed by atoms with Gasteiger partial charge >= 0.3 is 0 Å². The predicted molar refractivity (Wildman–Crippen MR) is 93.9 cm³/mol. The Morgan fingerprint density at radius 3 is 2.81 bits per heavy atom. The highest BCUT2D eigenvalue weighted by atomic mass is 16.6. The number of nitrogens with two attached hydrogens (primary N) is 1. The second-order valence-corrected chi connectivity index (χ2v) is 5.88. The van der Waals surface area contributed by atoms with Crippen LogP contribution in [0.2, 0.25) is 0 Å². The molecule has 2 aromatic rings. The summed E-state index contributed by atoms with van der Waals surface area (Å²) in [5.41, 5.74) is 10.8. The fourth-order valence-electron chi connectivity index (χ4n) is 2.86. The summed E-state index contributed by atoms with van der Waals surface area (Å²) in [5.74, 6) is 0.404. The summed E-state index contributed by atoms with van der Waals surface area (Å²) in [6.45, 7) is 5.70. The maximum atomic E-state index is 10.3. The number of nitrogen functional groups attached to an aromatic ring is 1. The SMILES string of the molecule is C=C[N-]N(CCC)c1nc(N)c2ncn([C@@H]3O[C@H](CO)[C@@H](O)[C@H]3O)c2n1. The molecule has 0 unspecified atom stereocenters. The zero-order valence-electron chi connectivity index (χ0n) is 14.3. The smallest absolute Gasteiger partial charge is 0.215 e. The molecule has 1 fully saturated rings. The van der Waals surface area contributed by atoms with Gasteiger partial charge in [-0.1, -0.05) is 6.92 Å². The van der Waals surface area contributed by atoms with E-state index in [9.17, 15) is 15.3 Å². The number of aliphatic hydroxyl groups excluding tert-OH is 3. The van der Waals surface area contributed by atoms with Crippen LogP contribution in [0.25, 0.3) is 16.6 Å². The quantitative estimate of drug-likeness (QED) is 0.483. The molecule has 0 amide bonds. The number of rotatable bonds is 7. The Balaban J connectivity index is 2.04. The Hall–Kier alpha value is -2.47. The lowest BCUT2D eigenvalue weighted by Gasteiger charge is -2.34. The molecular formula is C15H22N7O4-. The lowest BCUT2D eigenvalue weighted by Crippen LogP contribution is -2.33. The van der Waals surface area contributed by atoms with E-state index < -0.39 is 31.1 Å². The molecule has 11 nitrogen and oxygen atoms in total. The molecule has 2 aromatic heterocycles. The van der Waals surface area contributed by atoms with E-state index in [1.54, 1.807) is 5.01 Å². The normalized spacial score (nSPS) is 25.5. The van der Waals surface area contributed by atoms with Crippen LogP contribution >= 0.6 is 0 Å². The zero-order valence-corrected chi connectivity index (χ0v) is 14.3. The minimum Gasteiger partial charge on any atom is -0.599 e. The van der Waals surface area contributed by atoms with Crippen molar-refractivity contribution in [2.24, 2.45) is 0 Å². The molecule has 3 heterocycles. The number of anilines is 2. The van der Waals surface area contributed by atoms with E-state index in [2.05, 4.69) is 27.0 Å². The lowest BCUT2D eigenvalue weighted by atomic mass is 10.1. The van der Waals surface area contributed by atoms with Gasteiger partial charge in [-0.05, 0) is 6.42 Å². The van der Waals surface area contributed by atoms with Crippen molar-refractivity contribution in [2.75, 3.05) is 23.9 Å². The average molecular weight is 364 g/mol. The highest BCUT2D eigenvalue weighted by Gasteiger charge is 2.44. The van der Waals surface area contributed by atoms with Crippen molar-refractivity contribution in [3.63, 3.8) is 0 Å². The standard InChI is InChI=1S/C15H22N7O4/c1-3-5-22(18-4-2)15-19-12(16)9-13(20-15)21(7-17-9)14-11(25)10(24)8(6-23)26-14/h4,7-8,10-11,14,23-25H,2-3,5-6H2,1H3,(H2,16,19,20)/q-1/t8-,10-,11-,14-/m1/s1. The molecule has 0 spiro atoms. The van der Waals surface area contributed by atoms with Gasteiger partial charge in [0.2, 0.25) is 5.95 Å². The number of fused-ring (bicyclic) bond motifs is 1. The summed E-state index contributed by atoms with van der Waals surface area (Å²) in [6, 6.07) is 0. The number of aliphatic hydroxyl groups is 3. The van der Waals surface area contributed by atoms with Crippen molar-refractivity contribution in [1.29, 1.82) is 0 Å². The summed E-state index contributed by atoms with van der Waals surface area (Å²) in [6.07, 6.45) is -0.782. The van der Waals surface area contributed by atoms with Crippen molar-refractivity contribution in [2.45, 2.75) is 37.9 Å². The number of nitrogens with zero attached hydrogens (tertiary/aromatic N) is 6. The number of imidazole rings is 1. The maximum Gasteiger partial charge on any atom is 0.215 e. The number of aromatic nitrogens is 4. The molecule has 5 N–H and O–H groups in total. The molecule has 142 valence electrons. The molecule has 0 aromatic carbocycles. The predicted octanol–water partition coefficient (Wildman–Crippen LogP) is -0.331. The summed E-state index contributed by atoms with van der Waals surface area (Å²) in [5, 5.41) is 31.1. The van der Waals surface area contributed by atoms with Gasteiger partial charge < -0.3 is 36.2 Å². The van der Waals surface area contributed by atoms with E-state index in [1.165, 1.54) is 17.1 Å². The Morgan fingerprint density at radius 1 is 1.42 bits per heavy atom. The molecule has 3 rings (SSSR count). The fourth-order valence-corrected chi connectivity index (χ4v) is 2.86. The van der Waals surface area contributed by atoms with Gasteiger partial charge in [0, 0.05) is 6.54 Å². The van der Waals surface area contributed by atoms with E-state index in [1.807, 2.05) is 6.92 Å². The third kappa shape index (κ3) is 3.05. The molecule has 1 saturated heterocycles. The van der Waals surface area contributed by atoms with Crippen LogP contribution < -0.4 is 10.7 Å². The molecule has 0 aliphatic carbocycles. The van der Waals surface area contributed by atoms with Crippen LogP contribution in [-0.2, 0) is 4.74 Å². The topological polar surface area (TPSA) is 157 Å². The van der Waals surface area contributed by atoms with Crippen LogP contribution in [0.3, 0.4) is 0 Å². The largest absolute Gasteiger partial charge is 0.599 e. The van der Waals surface area contributed by atoms with Crippen LogP contribution in [0.5, 0.6) is 0 Å². The van der Waals surface area contributed by atoms with Gasteiger partial charge in [-0.2, -0.15) is 16.2 Å². The summed E-state index contributed by atoms with van der Waals surface area (Å²) < 4.78 is 7.00. The van der Waals surface area contributed by atoms with Gasteiger partial charge in [-0.3, -0.25) is 4.57 Å². The van der Waals surface area contributed by atoms with Crippen LogP contribution in [0.15, 0.2) is 19.1 Å². The second-order valence-electron chi connectivity index (χ2n) is 5.88. The third-order valence-corrected chi connectivity index (χ3v) is 4.12. The van der Waals surface area contributed by atoms with Gasteiger partial charge in [0.1, 0.15) is 23.8 Å². The van der Waals surface area contributed by atoms with Crippen molar-refractivity contribution in [1.82, 2.24) is 19.5 Å². The Morgan fingerprint density at radius 2 is 2.19 bits per heavy atom. The Kier molecular flexibility index (Phi) is 5.23. The van der Waals surface area contributed by atoms with Crippen LogP contribution in [-0.4, -0.2) is 66.3 Å². The molecule has 0 bridgehead atoms. The van der Waals surface area contributed by atoms with E-state index >= 15 is 0 Å². The highest BCUT2D eigenvalue weighted by Crippen LogP contribution is 2.32. The Bertz CT molecular complexity index is 783. The van der Waals surface area contributed by atoms with E-state index in [0.717, 1.165) is 6.42 Å². The van der Waals surface area contributed by atoms with Gasteiger partial charge in [0.05, 0.1) is 12.9 Å². The molecule has 1 aliphatic heterocycles. The molecule has 11 heteroatoms. The number of hydrogen-bond donors (Lipinski definition) is 4. The van der Waals surface area contributed by atoms with Gasteiger partial charge in [0.15, 0.2) is 17.7 Å². The van der Waals surface area contributed by atoms with Gasteiger partial charge in [0.25, 0.3) is 0 Å². The van der Waals surface area contributed by atoms with Crippen LogP contribution in [0.1, 0.15) is 19.6 Å². The van der Waals surface area contributed by atoms with Crippen LogP contribution in [0.4, 0.5) is 11.8 Å². The maximum absolute atomic E-state index is 10.3. The zero-order chi connectivity index (χ0) is 18.8. The molecule has 0 radical (unpaired) electrons. The summed E-state index contributed by atoms with van der Waals surface area (Å²) >= 11 is 0. The number of ether oxygens (including phenoxy) is 1. The minimum absolute atomic E-state index is 0.149. The molecule has 26 heavy (non-hydrogen) atoms. The first kappa shape index (κ1) is 18.3. The van der Waals surface area contributed by atoms with Crippen molar-refractivity contribution >= 4 is 22.9 Å². The Labute approximate surface area is 149 Å². The first-order valence-electron chi connectivity index (χ1n) is 8.23. The third-order valence-electron chi connectivity index (χ3n) is 4.12. The van der Waals surface area contributed by atoms with Crippen LogP contribution in [0, 0.1) is 0 Å². The van der Waals surface area contributed by atoms with Crippen molar-refractivity contribution in [3.05, 3.63) is 24.5 Å². The summed E-state index contributed by atoms with van der Waals surface area (Å²) in [7, 11) is 0. The second kappa shape index (κ2) is 7.41. The van der Waals surface area contributed by atoms with E-state index in [-0.39, 0.29) is 11.8 Å². The molecule has 4 atom stereocenters. The minimum atomic E-state index is -1.26. The average Bonchev–Trinajstić information content (AvgIpc) is 3.17. The fraction of sp³-hybridized carbons (Fsp3) is 0.533. The van der Waals surface area contributed by atoms with Crippen molar-refractivity contribution in [3.8, 4) is 0 Å². The number of hydrogen-bond acceptors (Lipinski definition) is 9. The van der Waals surface area contributed by atoms with Gasteiger partial charge in [-0.15, -0.1) is 6.58 Å². The first-order chi connectivity index (χ1) is 12.5. The first-order valence-corrected chi connectivity index (χ1v) is 8.23. The monoisotopic (exact) mass is 364 g/mol. The molecule has 1 aliphatic rings. The van der Waals surface area contributed by atoms with E-state index in [4.69, 9.17) is 10.5 Å². The molecular weight excluding hydrogens is 342 g/mol. The van der Waals surface area contributed by atoms with E-state index in [0.29, 0.717) is 17.7 Å². The van der Waals surface area contributed by atoms with Crippen molar-refractivity contribution < 1.29 is 20.1 Å². The highest BCUT2D eigenvalue weighted by molar-refractivity contribution is 5.83.